The summed E-state index contributed by atoms with van der Waals surface area (Å²) in [5, 5.41) is 16.6. The number of hydrogen-bond acceptors (Lipinski definition) is 3. The molecule has 0 aromatic rings. The molecule has 0 bridgehead atoms. The Morgan fingerprint density at radius 2 is 2.11 bits per heavy atom. The zero-order chi connectivity index (χ0) is 7.28. The maximum Gasteiger partial charge on any atom is 0.248 e. The van der Waals surface area contributed by atoms with Crippen LogP contribution in [-0.2, 0) is 4.79 Å². The van der Waals surface area contributed by atoms with E-state index in [1.807, 2.05) is 0 Å². The van der Waals surface area contributed by atoms with Crippen LogP contribution < -0.4 is 0 Å². The molecule has 0 aliphatic carbocycles. The van der Waals surface area contributed by atoms with Gasteiger partial charge in [0.2, 0.25) is 5.91 Å². The van der Waals surface area contributed by atoms with Crippen molar-refractivity contribution in [1.82, 2.24) is 4.90 Å². The minimum absolute atomic E-state index is 0.0672. The van der Waals surface area contributed by atoms with E-state index in [0.29, 0.717) is 0 Å². The van der Waals surface area contributed by atoms with Crippen LogP contribution in [0.15, 0.2) is 0 Å². The van der Waals surface area contributed by atoms with Crippen LogP contribution in [0.1, 0.15) is 0 Å². The van der Waals surface area contributed by atoms with E-state index in [9.17, 15) is 4.79 Å². The largest absolute Gasteiger partial charge is 0.395 e. The average Bonchev–Trinajstić information content (AvgIpc) is 1.87. The van der Waals surface area contributed by atoms with Gasteiger partial charge in [0.1, 0.15) is 6.61 Å². The fourth-order valence-electron chi connectivity index (χ4n) is 0.395. The predicted molar refractivity (Wildman–Crippen MR) is 31.8 cm³/mol. The first-order valence-corrected chi connectivity index (χ1v) is 2.68. The standard InChI is InChI=1S/C5H11NO3/c1-6(2-3-7)5(9)4-8/h7-8H,2-4H2,1H3. The Morgan fingerprint density at radius 1 is 1.56 bits per heavy atom. The first-order chi connectivity index (χ1) is 4.22. The van der Waals surface area contributed by atoms with Crippen LogP contribution in [0.25, 0.3) is 0 Å². The summed E-state index contributed by atoms with van der Waals surface area (Å²) in [6.07, 6.45) is 0. The van der Waals surface area contributed by atoms with Gasteiger partial charge in [-0.1, -0.05) is 0 Å². The SMILES string of the molecule is CN(CCO)C(=O)CO. The molecule has 2 N–H and O–H groups in total. The third-order valence-electron chi connectivity index (χ3n) is 0.996. The molecule has 0 atom stereocenters. The van der Waals surface area contributed by atoms with Gasteiger partial charge in [-0.3, -0.25) is 4.79 Å². The monoisotopic (exact) mass is 133 g/mol. The molecule has 9 heavy (non-hydrogen) atoms. The third kappa shape index (κ3) is 3.05. The Balaban J connectivity index is 3.45. The van der Waals surface area contributed by atoms with E-state index in [0.717, 1.165) is 0 Å². The van der Waals surface area contributed by atoms with Gasteiger partial charge in [-0.2, -0.15) is 0 Å². The molecule has 4 heteroatoms. The molecule has 0 saturated carbocycles. The van der Waals surface area contributed by atoms with E-state index < -0.39 is 6.61 Å². The summed E-state index contributed by atoms with van der Waals surface area (Å²) in [7, 11) is 1.52. The second-order valence-electron chi connectivity index (χ2n) is 1.70. The van der Waals surface area contributed by atoms with Gasteiger partial charge in [0.25, 0.3) is 0 Å². The van der Waals surface area contributed by atoms with Gasteiger partial charge < -0.3 is 15.1 Å². The van der Waals surface area contributed by atoms with E-state index in [-0.39, 0.29) is 19.1 Å². The van der Waals surface area contributed by atoms with E-state index in [4.69, 9.17) is 10.2 Å². The Morgan fingerprint density at radius 3 is 2.44 bits per heavy atom. The Kier molecular flexibility index (Phi) is 4.00. The maximum atomic E-state index is 10.5. The molecular formula is C5H11NO3. The summed E-state index contributed by atoms with van der Waals surface area (Å²) in [6.45, 7) is -0.280. The number of amides is 1. The van der Waals surface area contributed by atoms with Crippen LogP contribution in [0.4, 0.5) is 0 Å². The highest BCUT2D eigenvalue weighted by Crippen LogP contribution is 1.80. The summed E-state index contributed by atoms with van der Waals surface area (Å²) < 4.78 is 0. The highest BCUT2D eigenvalue weighted by molar-refractivity contribution is 5.76. The second kappa shape index (κ2) is 4.29. The number of aliphatic hydroxyl groups excluding tert-OH is 2. The molecule has 4 nitrogen and oxygen atoms in total. The molecule has 0 aliphatic heterocycles. The van der Waals surface area contributed by atoms with E-state index in [1.54, 1.807) is 0 Å². The fraction of sp³-hybridized carbons (Fsp3) is 0.800. The third-order valence-corrected chi connectivity index (χ3v) is 0.996. The van der Waals surface area contributed by atoms with Crippen molar-refractivity contribution in [2.24, 2.45) is 0 Å². The topological polar surface area (TPSA) is 60.8 Å². The molecule has 0 aromatic carbocycles. The number of carbonyl (C=O) groups is 1. The lowest BCUT2D eigenvalue weighted by Crippen LogP contribution is -2.31. The molecule has 0 fully saturated rings. The Hall–Kier alpha value is -0.610. The summed E-state index contributed by atoms with van der Waals surface area (Å²) in [5.74, 6) is -0.371. The van der Waals surface area contributed by atoms with Crippen LogP contribution in [0, 0.1) is 0 Å². The Labute approximate surface area is 53.7 Å². The highest BCUT2D eigenvalue weighted by Gasteiger charge is 2.03. The molecule has 1 amide bonds. The smallest absolute Gasteiger partial charge is 0.248 e. The molecule has 0 aromatic heterocycles. The van der Waals surface area contributed by atoms with Crippen molar-refractivity contribution in [3.05, 3.63) is 0 Å². The number of likely N-dealkylation sites (N-methyl/N-ethyl adjacent to an activating group) is 1. The van der Waals surface area contributed by atoms with Crippen molar-refractivity contribution >= 4 is 5.91 Å². The van der Waals surface area contributed by atoms with E-state index >= 15 is 0 Å². The van der Waals surface area contributed by atoms with Crippen LogP contribution in [0.5, 0.6) is 0 Å². The van der Waals surface area contributed by atoms with Crippen molar-refractivity contribution in [1.29, 1.82) is 0 Å². The lowest BCUT2D eigenvalue weighted by atomic mass is 10.5. The molecular weight excluding hydrogens is 122 g/mol. The summed E-state index contributed by atoms with van der Waals surface area (Å²) >= 11 is 0. The normalized spacial score (nSPS) is 9.22. The van der Waals surface area contributed by atoms with Gasteiger partial charge in [0, 0.05) is 13.6 Å². The quantitative estimate of drug-likeness (QED) is 0.489. The summed E-state index contributed by atoms with van der Waals surface area (Å²) in [4.78, 5) is 11.7. The molecule has 0 saturated heterocycles. The van der Waals surface area contributed by atoms with Crippen molar-refractivity contribution in [3.63, 3.8) is 0 Å². The zero-order valence-corrected chi connectivity index (χ0v) is 5.37. The number of nitrogens with zero attached hydrogens (tertiary/aromatic N) is 1. The van der Waals surface area contributed by atoms with Crippen LogP contribution in [-0.4, -0.2) is 47.8 Å². The Bertz CT molecular complexity index is 94.2. The van der Waals surface area contributed by atoms with Crippen molar-refractivity contribution in [3.8, 4) is 0 Å². The number of hydrogen-bond donors (Lipinski definition) is 2. The first kappa shape index (κ1) is 8.39. The molecule has 0 heterocycles. The lowest BCUT2D eigenvalue weighted by Gasteiger charge is -2.12. The number of rotatable bonds is 3. The van der Waals surface area contributed by atoms with Gasteiger partial charge in [0.05, 0.1) is 6.61 Å². The molecule has 0 rings (SSSR count). The van der Waals surface area contributed by atoms with Gasteiger partial charge in [-0.25, -0.2) is 0 Å². The molecule has 0 aliphatic rings. The molecule has 0 radical (unpaired) electrons. The fourth-order valence-corrected chi connectivity index (χ4v) is 0.395. The van der Waals surface area contributed by atoms with Crippen LogP contribution >= 0.6 is 0 Å². The van der Waals surface area contributed by atoms with Crippen LogP contribution in [0.3, 0.4) is 0 Å². The van der Waals surface area contributed by atoms with Crippen molar-refractivity contribution < 1.29 is 15.0 Å². The van der Waals surface area contributed by atoms with Gasteiger partial charge in [-0.05, 0) is 0 Å². The molecule has 0 unspecified atom stereocenters. The van der Waals surface area contributed by atoms with Gasteiger partial charge in [-0.15, -0.1) is 0 Å². The summed E-state index contributed by atoms with van der Waals surface area (Å²) in [5.41, 5.74) is 0. The van der Waals surface area contributed by atoms with E-state index in [2.05, 4.69) is 0 Å². The number of carbonyl (C=O) groups excluding carboxylic acids is 1. The average molecular weight is 133 g/mol. The minimum Gasteiger partial charge on any atom is -0.395 e. The predicted octanol–water partition coefficient (Wildman–Crippen LogP) is -1.57. The van der Waals surface area contributed by atoms with Gasteiger partial charge >= 0.3 is 0 Å². The number of aliphatic hydroxyl groups is 2. The maximum absolute atomic E-state index is 10.5. The second-order valence-corrected chi connectivity index (χ2v) is 1.70. The summed E-state index contributed by atoms with van der Waals surface area (Å²) in [6, 6.07) is 0. The van der Waals surface area contributed by atoms with E-state index in [1.165, 1.54) is 11.9 Å². The first-order valence-electron chi connectivity index (χ1n) is 2.68. The lowest BCUT2D eigenvalue weighted by molar-refractivity contribution is -0.133. The van der Waals surface area contributed by atoms with Gasteiger partial charge in [0.15, 0.2) is 0 Å². The highest BCUT2D eigenvalue weighted by atomic mass is 16.3. The minimum atomic E-state index is -0.490. The van der Waals surface area contributed by atoms with Crippen molar-refractivity contribution in [2.45, 2.75) is 0 Å². The van der Waals surface area contributed by atoms with Crippen LogP contribution in [0.2, 0.25) is 0 Å². The molecule has 54 valence electrons. The zero-order valence-electron chi connectivity index (χ0n) is 5.37. The van der Waals surface area contributed by atoms with Crippen molar-refractivity contribution in [2.75, 3.05) is 26.8 Å². The molecule has 0 spiro atoms.